The van der Waals surface area contributed by atoms with Crippen LogP contribution in [0.4, 0.5) is 0 Å². The summed E-state index contributed by atoms with van der Waals surface area (Å²) in [5.74, 6) is -2.01. The lowest BCUT2D eigenvalue weighted by atomic mass is 10.3. The first kappa shape index (κ1) is 13.1. The number of hydrogen-bond acceptors (Lipinski definition) is 6. The Balaban J connectivity index is 2.49. The molecule has 0 radical (unpaired) electrons. The summed E-state index contributed by atoms with van der Waals surface area (Å²) in [7, 11) is 0. The second-order valence-electron chi connectivity index (χ2n) is 3.22. The van der Waals surface area contributed by atoms with Crippen molar-refractivity contribution >= 4 is 11.9 Å². The quantitative estimate of drug-likeness (QED) is 0.429. The van der Waals surface area contributed by atoms with E-state index in [2.05, 4.69) is 15.6 Å². The molecule has 1 aromatic heterocycles. The van der Waals surface area contributed by atoms with E-state index >= 15 is 0 Å². The zero-order valence-corrected chi connectivity index (χ0v) is 8.91. The molecule has 1 rings (SSSR count). The van der Waals surface area contributed by atoms with Crippen molar-refractivity contribution in [2.45, 2.75) is 12.6 Å². The zero-order valence-electron chi connectivity index (χ0n) is 8.91. The molecule has 0 aliphatic rings. The van der Waals surface area contributed by atoms with Gasteiger partial charge in [0.1, 0.15) is 0 Å². The summed E-state index contributed by atoms with van der Waals surface area (Å²) in [6.45, 7) is 0.401. The predicted molar refractivity (Wildman–Crippen MR) is 55.1 cm³/mol. The highest BCUT2D eigenvalue weighted by atomic mass is 16.4. The second-order valence-corrected chi connectivity index (χ2v) is 3.22. The number of nitrogens with two attached hydrogens (primary N) is 1. The Labute approximate surface area is 96.2 Å². The molecule has 0 aromatic carbocycles. The van der Waals surface area contributed by atoms with Gasteiger partial charge >= 0.3 is 5.97 Å². The average Bonchev–Trinajstić information content (AvgIpc) is 2.74. The summed E-state index contributed by atoms with van der Waals surface area (Å²) >= 11 is 0. The average molecular weight is 243 g/mol. The molecule has 0 aliphatic heterocycles. The van der Waals surface area contributed by atoms with Gasteiger partial charge in [-0.3, -0.25) is 9.48 Å². The SMILES string of the molecule is NCCn1cc(C(=O)NCC(O)C(=O)O)nn1. The van der Waals surface area contributed by atoms with Crippen molar-refractivity contribution in [3.05, 3.63) is 11.9 Å². The lowest BCUT2D eigenvalue weighted by Crippen LogP contribution is -2.36. The smallest absolute Gasteiger partial charge is 0.334 e. The normalized spacial score (nSPS) is 12.1. The Morgan fingerprint density at radius 2 is 2.29 bits per heavy atom. The van der Waals surface area contributed by atoms with E-state index in [1.165, 1.54) is 10.9 Å². The first-order chi connectivity index (χ1) is 8.04. The topological polar surface area (TPSA) is 143 Å². The summed E-state index contributed by atoms with van der Waals surface area (Å²) in [5.41, 5.74) is 5.33. The molecule has 0 bridgehead atoms. The van der Waals surface area contributed by atoms with Crippen molar-refractivity contribution < 1.29 is 19.8 Å². The van der Waals surface area contributed by atoms with Crippen molar-refractivity contribution in [2.75, 3.05) is 13.1 Å². The second kappa shape index (κ2) is 5.92. The molecule has 1 unspecified atom stereocenters. The molecule has 0 spiro atoms. The summed E-state index contributed by atoms with van der Waals surface area (Å²) in [4.78, 5) is 21.7. The standard InChI is InChI=1S/C8H13N5O4/c9-1-2-13-4-5(11-12-13)7(15)10-3-6(14)8(16)17/h4,6,14H,1-3,9H2,(H,10,15)(H,16,17). The van der Waals surface area contributed by atoms with E-state index in [1.807, 2.05) is 0 Å². The minimum Gasteiger partial charge on any atom is -0.479 e. The Bertz CT molecular complexity index is 404. The molecule has 17 heavy (non-hydrogen) atoms. The molecule has 1 atom stereocenters. The number of nitrogens with one attached hydrogen (secondary N) is 1. The number of aromatic nitrogens is 3. The number of aliphatic carboxylic acids is 1. The number of carboxylic acids is 1. The third kappa shape index (κ3) is 3.81. The number of amides is 1. The molecular formula is C8H13N5O4. The number of aliphatic hydroxyl groups is 1. The summed E-state index contributed by atoms with van der Waals surface area (Å²) in [5, 5.41) is 26.8. The van der Waals surface area contributed by atoms with Crippen molar-refractivity contribution in [2.24, 2.45) is 5.73 Å². The predicted octanol–water partition coefficient (Wildman–Crippen LogP) is -2.59. The van der Waals surface area contributed by atoms with E-state index in [0.717, 1.165) is 0 Å². The van der Waals surface area contributed by atoms with Gasteiger partial charge in [0.2, 0.25) is 0 Å². The van der Waals surface area contributed by atoms with Crippen LogP contribution in [0, 0.1) is 0 Å². The van der Waals surface area contributed by atoms with E-state index in [0.29, 0.717) is 13.1 Å². The van der Waals surface area contributed by atoms with E-state index in [1.54, 1.807) is 0 Å². The van der Waals surface area contributed by atoms with Gasteiger partial charge in [0, 0.05) is 6.54 Å². The van der Waals surface area contributed by atoms with Crippen LogP contribution in [0.25, 0.3) is 0 Å². The van der Waals surface area contributed by atoms with Crippen LogP contribution in [0.2, 0.25) is 0 Å². The van der Waals surface area contributed by atoms with Crippen LogP contribution in [0.5, 0.6) is 0 Å². The lowest BCUT2D eigenvalue weighted by molar-refractivity contribution is -0.146. The first-order valence-corrected chi connectivity index (χ1v) is 4.84. The molecule has 1 amide bonds. The highest BCUT2D eigenvalue weighted by Gasteiger charge is 2.16. The Morgan fingerprint density at radius 1 is 1.59 bits per heavy atom. The van der Waals surface area contributed by atoms with E-state index < -0.39 is 24.5 Å². The van der Waals surface area contributed by atoms with Crippen LogP contribution in [-0.4, -0.2) is 56.3 Å². The van der Waals surface area contributed by atoms with Crippen molar-refractivity contribution in [1.82, 2.24) is 20.3 Å². The number of aliphatic hydroxyl groups excluding tert-OH is 1. The monoisotopic (exact) mass is 243 g/mol. The van der Waals surface area contributed by atoms with Gasteiger partial charge in [0.05, 0.1) is 19.3 Å². The molecule has 9 nitrogen and oxygen atoms in total. The maximum absolute atomic E-state index is 11.4. The highest BCUT2D eigenvalue weighted by Crippen LogP contribution is 1.93. The van der Waals surface area contributed by atoms with Gasteiger partial charge < -0.3 is 21.3 Å². The molecule has 0 saturated carbocycles. The van der Waals surface area contributed by atoms with Gasteiger partial charge in [0.15, 0.2) is 11.8 Å². The number of rotatable bonds is 6. The van der Waals surface area contributed by atoms with Gasteiger partial charge in [-0.1, -0.05) is 5.21 Å². The minimum absolute atomic E-state index is 0.0380. The highest BCUT2D eigenvalue weighted by molar-refractivity contribution is 5.92. The number of hydrogen-bond donors (Lipinski definition) is 4. The van der Waals surface area contributed by atoms with Crippen molar-refractivity contribution in [1.29, 1.82) is 0 Å². The van der Waals surface area contributed by atoms with Gasteiger partial charge in [-0.25, -0.2) is 4.79 Å². The molecular weight excluding hydrogens is 230 g/mol. The fourth-order valence-electron chi connectivity index (χ4n) is 1.01. The minimum atomic E-state index is -1.64. The third-order valence-electron chi connectivity index (χ3n) is 1.87. The molecule has 5 N–H and O–H groups in total. The fourth-order valence-corrected chi connectivity index (χ4v) is 1.01. The van der Waals surface area contributed by atoms with E-state index in [4.69, 9.17) is 15.9 Å². The van der Waals surface area contributed by atoms with Gasteiger partial charge in [0.25, 0.3) is 5.91 Å². The molecule has 1 heterocycles. The van der Waals surface area contributed by atoms with Crippen LogP contribution in [0.3, 0.4) is 0 Å². The van der Waals surface area contributed by atoms with Crippen molar-refractivity contribution in [3.8, 4) is 0 Å². The number of carboxylic acid groups (broad SMARTS) is 1. The number of nitrogens with zero attached hydrogens (tertiary/aromatic N) is 3. The Hall–Kier alpha value is -2.00. The van der Waals surface area contributed by atoms with E-state index in [9.17, 15) is 9.59 Å². The van der Waals surface area contributed by atoms with Crippen LogP contribution in [0.15, 0.2) is 6.20 Å². The van der Waals surface area contributed by atoms with Gasteiger partial charge in [-0.15, -0.1) is 5.10 Å². The molecule has 94 valence electrons. The maximum atomic E-state index is 11.4. The first-order valence-electron chi connectivity index (χ1n) is 4.84. The molecule has 0 fully saturated rings. The summed E-state index contributed by atoms with van der Waals surface area (Å²) in [6.07, 6.45) is -0.256. The van der Waals surface area contributed by atoms with Crippen LogP contribution in [0.1, 0.15) is 10.5 Å². The third-order valence-corrected chi connectivity index (χ3v) is 1.87. The molecule has 0 saturated heterocycles. The zero-order chi connectivity index (χ0) is 12.8. The molecule has 1 aromatic rings. The largest absolute Gasteiger partial charge is 0.479 e. The Morgan fingerprint density at radius 3 is 2.88 bits per heavy atom. The van der Waals surface area contributed by atoms with E-state index in [-0.39, 0.29) is 5.69 Å². The lowest BCUT2D eigenvalue weighted by Gasteiger charge is -2.05. The van der Waals surface area contributed by atoms with Gasteiger partial charge in [-0.05, 0) is 0 Å². The number of carbonyl (C=O) groups is 2. The Kier molecular flexibility index (Phi) is 4.55. The maximum Gasteiger partial charge on any atom is 0.334 e. The van der Waals surface area contributed by atoms with Gasteiger partial charge in [-0.2, -0.15) is 0 Å². The summed E-state index contributed by atoms with van der Waals surface area (Å²) < 4.78 is 1.39. The van der Waals surface area contributed by atoms with Crippen LogP contribution < -0.4 is 11.1 Å². The molecule has 9 heteroatoms. The van der Waals surface area contributed by atoms with Crippen LogP contribution >= 0.6 is 0 Å². The van der Waals surface area contributed by atoms with Crippen LogP contribution in [-0.2, 0) is 11.3 Å². The summed E-state index contributed by atoms with van der Waals surface area (Å²) in [6, 6.07) is 0. The van der Waals surface area contributed by atoms with Crippen molar-refractivity contribution in [3.63, 3.8) is 0 Å². The number of carbonyl (C=O) groups excluding carboxylic acids is 1. The molecule has 0 aliphatic carbocycles. The fraction of sp³-hybridized carbons (Fsp3) is 0.500.